The molecule has 6 heteroatoms. The van der Waals surface area contributed by atoms with E-state index in [1.54, 1.807) is 0 Å². The second-order valence-electron chi connectivity index (χ2n) is 4.17. The minimum absolute atomic E-state index is 0.0317. The molecule has 0 aromatic carbocycles. The van der Waals surface area contributed by atoms with Gasteiger partial charge in [-0.3, -0.25) is 4.68 Å². The number of hydrogen-bond donors (Lipinski definition) is 1. The molecule has 0 aliphatic heterocycles. The Kier molecular flexibility index (Phi) is 2.82. The molecule has 0 atom stereocenters. The van der Waals surface area contributed by atoms with E-state index in [1.807, 2.05) is 0 Å². The van der Waals surface area contributed by atoms with Crippen LogP contribution in [0.2, 0.25) is 0 Å². The van der Waals surface area contributed by atoms with E-state index < -0.39 is 17.5 Å². The molecule has 0 saturated carbocycles. The molecule has 3 nitrogen and oxygen atoms in total. The zero-order valence-electron chi connectivity index (χ0n) is 8.76. The molecule has 1 aromatic heterocycles. The molecule has 1 heterocycles. The highest BCUT2D eigenvalue weighted by atomic mass is 19.4. The number of rotatable bonds is 2. The van der Waals surface area contributed by atoms with Gasteiger partial charge in [0, 0.05) is 6.20 Å². The topological polar surface area (TPSA) is 38.0 Å². The summed E-state index contributed by atoms with van der Waals surface area (Å²) in [6.07, 6.45) is -3.16. The van der Waals surface area contributed by atoms with Crippen LogP contribution in [-0.4, -0.2) is 20.5 Å². The highest BCUT2D eigenvalue weighted by molar-refractivity contribution is 5.17. The third kappa shape index (κ3) is 3.23. The van der Waals surface area contributed by atoms with Gasteiger partial charge in [-0.2, -0.15) is 18.3 Å². The lowest BCUT2D eigenvalue weighted by molar-refractivity contribution is -0.142. The van der Waals surface area contributed by atoms with Crippen molar-refractivity contribution in [3.8, 4) is 0 Å². The van der Waals surface area contributed by atoms with E-state index >= 15 is 0 Å². The zero-order chi connectivity index (χ0) is 11.9. The molecule has 1 rings (SSSR count). The summed E-state index contributed by atoms with van der Waals surface area (Å²) in [7, 11) is 0. The van der Waals surface area contributed by atoms with E-state index in [9.17, 15) is 18.3 Å². The second kappa shape index (κ2) is 3.52. The van der Waals surface area contributed by atoms with Crippen LogP contribution in [0.4, 0.5) is 13.2 Å². The second-order valence-corrected chi connectivity index (χ2v) is 4.17. The Morgan fingerprint density at radius 1 is 1.40 bits per heavy atom. The van der Waals surface area contributed by atoms with Crippen molar-refractivity contribution in [2.24, 2.45) is 0 Å². The van der Waals surface area contributed by atoms with Crippen molar-refractivity contribution in [2.45, 2.75) is 39.1 Å². The minimum Gasteiger partial charge on any atom is -0.389 e. The highest BCUT2D eigenvalue weighted by Gasteiger charge is 2.36. The van der Waals surface area contributed by atoms with Crippen molar-refractivity contribution >= 4 is 0 Å². The largest absolute Gasteiger partial charge is 0.435 e. The fourth-order valence-corrected chi connectivity index (χ4v) is 1.28. The maximum absolute atomic E-state index is 12.4. The Hall–Kier alpha value is -1.04. The van der Waals surface area contributed by atoms with Gasteiger partial charge in [0.2, 0.25) is 0 Å². The van der Waals surface area contributed by atoms with Crippen LogP contribution in [0.5, 0.6) is 0 Å². The van der Waals surface area contributed by atoms with Crippen molar-refractivity contribution in [1.82, 2.24) is 9.78 Å². The fraction of sp³-hybridized carbons (Fsp3) is 0.667. The molecule has 0 radical (unpaired) electrons. The van der Waals surface area contributed by atoms with E-state index in [-0.39, 0.29) is 12.1 Å². The van der Waals surface area contributed by atoms with E-state index in [0.717, 1.165) is 4.68 Å². The number of halogens is 3. The first-order chi connectivity index (χ1) is 6.59. The number of aryl methyl sites for hydroxylation is 1. The monoisotopic (exact) mass is 222 g/mol. The van der Waals surface area contributed by atoms with Crippen molar-refractivity contribution in [1.29, 1.82) is 0 Å². The first-order valence-electron chi connectivity index (χ1n) is 4.43. The smallest absolute Gasteiger partial charge is 0.389 e. The lowest BCUT2D eigenvalue weighted by Crippen LogP contribution is -2.26. The molecule has 0 unspecified atom stereocenters. The summed E-state index contributed by atoms with van der Waals surface area (Å²) in [6.45, 7) is 4.40. The van der Waals surface area contributed by atoms with Crippen LogP contribution in [-0.2, 0) is 12.7 Å². The summed E-state index contributed by atoms with van der Waals surface area (Å²) in [5.74, 6) is 0. The first kappa shape index (κ1) is 12.0. The van der Waals surface area contributed by atoms with Crippen molar-refractivity contribution in [3.63, 3.8) is 0 Å². The van der Waals surface area contributed by atoms with Crippen LogP contribution < -0.4 is 0 Å². The van der Waals surface area contributed by atoms with Gasteiger partial charge in [0.15, 0.2) is 5.69 Å². The van der Waals surface area contributed by atoms with E-state index in [2.05, 4.69) is 5.10 Å². The third-order valence-electron chi connectivity index (χ3n) is 1.76. The number of nitrogens with zero attached hydrogens (tertiary/aromatic N) is 2. The fourth-order valence-electron chi connectivity index (χ4n) is 1.28. The number of aromatic nitrogens is 2. The molecule has 15 heavy (non-hydrogen) atoms. The van der Waals surface area contributed by atoms with Gasteiger partial charge in [0.05, 0.1) is 12.1 Å². The molecule has 1 aromatic rings. The maximum atomic E-state index is 12.4. The SMILES string of the molecule is Cc1cn(CC(C)(C)O)nc1C(F)(F)F. The molecule has 0 spiro atoms. The lowest BCUT2D eigenvalue weighted by atomic mass is 10.1. The summed E-state index contributed by atoms with van der Waals surface area (Å²) < 4.78 is 38.2. The number of hydrogen-bond acceptors (Lipinski definition) is 2. The van der Waals surface area contributed by atoms with Gasteiger partial charge in [0.25, 0.3) is 0 Å². The minimum atomic E-state index is -4.44. The van der Waals surface area contributed by atoms with Crippen molar-refractivity contribution in [3.05, 3.63) is 17.5 Å². The zero-order valence-corrected chi connectivity index (χ0v) is 8.76. The summed E-state index contributed by atoms with van der Waals surface area (Å²) in [5, 5.41) is 12.8. The van der Waals surface area contributed by atoms with Gasteiger partial charge < -0.3 is 5.11 Å². The van der Waals surface area contributed by atoms with Crippen LogP contribution in [0.3, 0.4) is 0 Å². The van der Waals surface area contributed by atoms with Crippen LogP contribution in [0.1, 0.15) is 25.1 Å². The average molecular weight is 222 g/mol. The number of aliphatic hydroxyl groups is 1. The summed E-state index contributed by atoms with van der Waals surface area (Å²) in [5.41, 5.74) is -1.92. The Morgan fingerprint density at radius 2 is 1.93 bits per heavy atom. The van der Waals surface area contributed by atoms with Gasteiger partial charge in [-0.15, -0.1) is 0 Å². The lowest BCUT2D eigenvalue weighted by Gasteiger charge is -2.16. The van der Waals surface area contributed by atoms with Crippen molar-refractivity contribution < 1.29 is 18.3 Å². The normalized spacial score (nSPS) is 13.3. The molecule has 0 aliphatic carbocycles. The van der Waals surface area contributed by atoms with Gasteiger partial charge in [0.1, 0.15) is 0 Å². The molecular formula is C9H13F3N2O. The van der Waals surface area contributed by atoms with Gasteiger partial charge in [-0.25, -0.2) is 0 Å². The summed E-state index contributed by atoms with van der Waals surface area (Å²) >= 11 is 0. The first-order valence-corrected chi connectivity index (χ1v) is 4.43. The molecular weight excluding hydrogens is 209 g/mol. The highest BCUT2D eigenvalue weighted by Crippen LogP contribution is 2.30. The predicted octanol–water partition coefficient (Wildman–Crippen LogP) is 1.98. The number of alkyl halides is 3. The molecule has 0 fully saturated rings. The van der Waals surface area contributed by atoms with E-state index in [1.165, 1.54) is 27.0 Å². The maximum Gasteiger partial charge on any atom is 0.435 e. The van der Waals surface area contributed by atoms with Gasteiger partial charge in [-0.05, 0) is 26.3 Å². The molecule has 86 valence electrons. The molecule has 0 bridgehead atoms. The predicted molar refractivity (Wildman–Crippen MR) is 48.3 cm³/mol. The van der Waals surface area contributed by atoms with E-state index in [4.69, 9.17) is 0 Å². The van der Waals surface area contributed by atoms with Crippen LogP contribution in [0.25, 0.3) is 0 Å². The van der Waals surface area contributed by atoms with Crippen LogP contribution in [0.15, 0.2) is 6.20 Å². The molecule has 0 amide bonds. The van der Waals surface area contributed by atoms with E-state index in [0.29, 0.717) is 0 Å². The van der Waals surface area contributed by atoms with Crippen LogP contribution >= 0.6 is 0 Å². The Labute approximate surface area is 85.5 Å². The Balaban J connectivity index is 2.97. The van der Waals surface area contributed by atoms with Gasteiger partial charge >= 0.3 is 6.18 Å². The van der Waals surface area contributed by atoms with Crippen molar-refractivity contribution in [2.75, 3.05) is 0 Å². The standard InChI is InChI=1S/C9H13F3N2O/c1-6-4-14(5-8(2,3)15)13-7(6)9(10,11)12/h4,15H,5H2,1-3H3. The Bertz CT molecular complexity index is 349. The molecule has 1 N–H and O–H groups in total. The Morgan fingerprint density at radius 3 is 2.27 bits per heavy atom. The summed E-state index contributed by atoms with van der Waals surface area (Å²) in [6, 6.07) is 0. The average Bonchev–Trinajstić information content (AvgIpc) is 2.25. The summed E-state index contributed by atoms with van der Waals surface area (Å²) in [4.78, 5) is 0. The molecule has 0 saturated heterocycles. The third-order valence-corrected chi connectivity index (χ3v) is 1.76. The van der Waals surface area contributed by atoms with Crippen LogP contribution in [0, 0.1) is 6.92 Å². The van der Waals surface area contributed by atoms with Gasteiger partial charge in [-0.1, -0.05) is 0 Å². The quantitative estimate of drug-likeness (QED) is 0.830. The molecule has 0 aliphatic rings.